The summed E-state index contributed by atoms with van der Waals surface area (Å²) < 4.78 is 2.36. The molecule has 0 radical (unpaired) electrons. The molecular formula is C50H40N4OSi. The summed E-state index contributed by atoms with van der Waals surface area (Å²) in [5, 5.41) is 11.3. The number of hydroxylamine groups is 1. The van der Waals surface area contributed by atoms with E-state index in [0.717, 1.165) is 39.5 Å². The molecule has 2 aromatic heterocycles. The van der Waals surface area contributed by atoms with Crippen LogP contribution in [0.15, 0.2) is 188 Å². The van der Waals surface area contributed by atoms with E-state index in [1.54, 1.807) is 0 Å². The lowest BCUT2D eigenvalue weighted by atomic mass is 9.96. The summed E-state index contributed by atoms with van der Waals surface area (Å²) >= 11 is 0. The highest BCUT2D eigenvalue weighted by Gasteiger charge is 2.42. The van der Waals surface area contributed by atoms with Gasteiger partial charge in [-0.2, -0.15) is 5.06 Å². The lowest BCUT2D eigenvalue weighted by molar-refractivity contribution is 0.142. The van der Waals surface area contributed by atoms with Crippen LogP contribution in [0.4, 0.5) is 17.1 Å². The molecule has 270 valence electrons. The van der Waals surface area contributed by atoms with Gasteiger partial charge in [-0.3, -0.25) is 4.57 Å². The SMILES string of the molecule is Cc1cccc(C)c1-c1ccnc(-n2c3ccccc3c3ccc([Si](c4ccccc4)(c4ccccc4)c4cccc(N5ON(C)c6ccccc65)c4)cc32)c1. The second-order valence-electron chi connectivity index (χ2n) is 14.6. The molecule has 9 aromatic rings. The van der Waals surface area contributed by atoms with E-state index in [4.69, 9.17) is 9.92 Å². The summed E-state index contributed by atoms with van der Waals surface area (Å²) in [6.45, 7) is 4.38. The highest BCUT2D eigenvalue weighted by Crippen LogP contribution is 2.40. The fraction of sp³-hybridized carbons (Fsp3) is 0.0600. The molecule has 0 atom stereocenters. The molecule has 1 aliphatic heterocycles. The van der Waals surface area contributed by atoms with E-state index in [9.17, 15) is 0 Å². The lowest BCUT2D eigenvalue weighted by Crippen LogP contribution is -2.74. The van der Waals surface area contributed by atoms with Crippen molar-refractivity contribution in [1.29, 1.82) is 0 Å². The first-order chi connectivity index (χ1) is 27.5. The number of hydrogen-bond donors (Lipinski definition) is 0. The molecule has 0 bridgehead atoms. The number of pyridine rings is 1. The number of anilines is 3. The Morgan fingerprint density at radius 3 is 1.86 bits per heavy atom. The van der Waals surface area contributed by atoms with Crippen LogP contribution < -0.4 is 30.9 Å². The van der Waals surface area contributed by atoms with Crippen LogP contribution in [0.3, 0.4) is 0 Å². The van der Waals surface area contributed by atoms with Crippen molar-refractivity contribution in [2.75, 3.05) is 17.2 Å². The van der Waals surface area contributed by atoms with Gasteiger partial charge in [-0.25, -0.2) is 10.0 Å². The first-order valence-electron chi connectivity index (χ1n) is 19.1. The first kappa shape index (κ1) is 33.8. The van der Waals surface area contributed by atoms with Crippen molar-refractivity contribution in [3.8, 4) is 16.9 Å². The maximum atomic E-state index is 6.39. The van der Waals surface area contributed by atoms with Gasteiger partial charge in [0.2, 0.25) is 0 Å². The monoisotopic (exact) mass is 740 g/mol. The normalized spacial score (nSPS) is 12.8. The molecule has 0 fully saturated rings. The van der Waals surface area contributed by atoms with Crippen molar-refractivity contribution in [2.45, 2.75) is 13.8 Å². The van der Waals surface area contributed by atoms with Crippen LogP contribution in [0.5, 0.6) is 0 Å². The maximum absolute atomic E-state index is 6.39. The van der Waals surface area contributed by atoms with Crippen LogP contribution in [0, 0.1) is 13.8 Å². The first-order valence-corrected chi connectivity index (χ1v) is 21.1. The van der Waals surface area contributed by atoms with Gasteiger partial charge in [-0.1, -0.05) is 133 Å². The van der Waals surface area contributed by atoms with E-state index in [1.165, 1.54) is 48.2 Å². The molecule has 0 saturated heterocycles. The maximum Gasteiger partial charge on any atom is 0.179 e. The Morgan fingerprint density at radius 2 is 1.11 bits per heavy atom. The third-order valence-corrected chi connectivity index (χ3v) is 16.2. The minimum absolute atomic E-state index is 0.899. The van der Waals surface area contributed by atoms with Crippen LogP contribution in [0.2, 0.25) is 0 Å². The number of rotatable bonds is 7. The summed E-state index contributed by atoms with van der Waals surface area (Å²) in [7, 11) is -1.03. The van der Waals surface area contributed by atoms with Gasteiger partial charge in [0.05, 0.1) is 28.1 Å². The van der Waals surface area contributed by atoms with Crippen LogP contribution in [0.1, 0.15) is 11.1 Å². The molecule has 0 unspecified atom stereocenters. The zero-order valence-electron chi connectivity index (χ0n) is 31.6. The second-order valence-corrected chi connectivity index (χ2v) is 18.5. The summed E-state index contributed by atoms with van der Waals surface area (Å²) in [5.74, 6) is 0.899. The van der Waals surface area contributed by atoms with Crippen molar-refractivity contribution < 1.29 is 4.94 Å². The number of para-hydroxylation sites is 3. The largest absolute Gasteiger partial charge is 0.294 e. The van der Waals surface area contributed by atoms with Gasteiger partial charge in [-0.15, -0.1) is 4.94 Å². The molecule has 7 aromatic carbocycles. The summed E-state index contributed by atoms with van der Waals surface area (Å²) in [6, 6.07) is 66.3. The summed E-state index contributed by atoms with van der Waals surface area (Å²) in [4.78, 5) is 11.5. The molecule has 56 heavy (non-hydrogen) atoms. The predicted octanol–water partition coefficient (Wildman–Crippen LogP) is 9.27. The molecule has 0 N–H and O–H groups in total. The number of fused-ring (bicyclic) bond motifs is 4. The zero-order chi connectivity index (χ0) is 37.8. The number of aryl methyl sites for hydroxylation is 2. The molecule has 0 saturated carbocycles. The van der Waals surface area contributed by atoms with E-state index < -0.39 is 8.07 Å². The molecule has 6 heteroatoms. The molecule has 1 aliphatic rings. The number of hydrogen-bond acceptors (Lipinski definition) is 4. The molecule has 3 heterocycles. The third-order valence-electron chi connectivity index (χ3n) is 11.4. The molecule has 10 rings (SSSR count). The van der Waals surface area contributed by atoms with Crippen LogP contribution in [0.25, 0.3) is 38.8 Å². The van der Waals surface area contributed by atoms with Crippen LogP contribution >= 0.6 is 0 Å². The zero-order valence-corrected chi connectivity index (χ0v) is 32.6. The van der Waals surface area contributed by atoms with E-state index in [0.29, 0.717) is 0 Å². The van der Waals surface area contributed by atoms with Gasteiger partial charge in [-0.05, 0) is 105 Å². The lowest BCUT2D eigenvalue weighted by Gasteiger charge is -2.35. The highest BCUT2D eigenvalue weighted by atomic mass is 28.3. The van der Waals surface area contributed by atoms with Crippen molar-refractivity contribution in [3.05, 3.63) is 199 Å². The van der Waals surface area contributed by atoms with E-state index >= 15 is 0 Å². The van der Waals surface area contributed by atoms with Gasteiger partial charge in [0.25, 0.3) is 0 Å². The van der Waals surface area contributed by atoms with Gasteiger partial charge in [0, 0.05) is 24.0 Å². The highest BCUT2D eigenvalue weighted by molar-refractivity contribution is 7.20. The molecule has 5 nitrogen and oxygen atoms in total. The van der Waals surface area contributed by atoms with Crippen molar-refractivity contribution in [2.24, 2.45) is 0 Å². The Kier molecular flexibility index (Phi) is 8.17. The minimum atomic E-state index is -2.99. The standard InChI is InChI=1S/C50H40N4OSi/c1-35-16-14-17-36(2)50(35)37-30-31-51-49(32-37)53-45-25-11-10-24-43(45)44-29-28-42(34-48(44)53)56(39-19-6-4-7-20-39,40-21-8-5-9-22-40)41-23-15-18-38(33-41)54-47-27-13-12-26-46(47)52(3)55-54/h4-34H,1-3H3. The molecular weight excluding hydrogens is 701 g/mol. The average Bonchev–Trinajstić information content (AvgIpc) is 3.76. The van der Waals surface area contributed by atoms with Crippen molar-refractivity contribution in [3.63, 3.8) is 0 Å². The van der Waals surface area contributed by atoms with Crippen LogP contribution in [-0.4, -0.2) is 24.7 Å². The average molecular weight is 741 g/mol. The number of aromatic nitrogens is 2. The molecule has 0 aliphatic carbocycles. The second kappa shape index (κ2) is 13.5. The van der Waals surface area contributed by atoms with Crippen molar-refractivity contribution >= 4 is 67.7 Å². The van der Waals surface area contributed by atoms with Gasteiger partial charge < -0.3 is 0 Å². The number of nitrogens with zero attached hydrogens (tertiary/aromatic N) is 4. The summed E-state index contributed by atoms with van der Waals surface area (Å²) in [6.07, 6.45) is 1.95. The Morgan fingerprint density at radius 1 is 0.500 bits per heavy atom. The van der Waals surface area contributed by atoms with Crippen LogP contribution in [-0.2, 0) is 4.94 Å². The van der Waals surface area contributed by atoms with Crippen molar-refractivity contribution in [1.82, 2.24) is 9.55 Å². The topological polar surface area (TPSA) is 33.5 Å². The molecule has 0 spiro atoms. The fourth-order valence-corrected chi connectivity index (χ4v) is 13.7. The van der Waals surface area contributed by atoms with E-state index in [1.807, 2.05) is 29.4 Å². The fourth-order valence-electron chi connectivity index (χ4n) is 8.96. The smallest absolute Gasteiger partial charge is 0.179 e. The minimum Gasteiger partial charge on any atom is -0.294 e. The van der Waals surface area contributed by atoms with E-state index in [2.05, 4.69) is 194 Å². The predicted molar refractivity (Wildman–Crippen MR) is 235 cm³/mol. The Labute approximate surface area is 328 Å². The summed E-state index contributed by atoms with van der Waals surface area (Å²) in [5.41, 5.74) is 10.2. The number of benzene rings is 7. The quantitative estimate of drug-likeness (QED) is 0.121. The van der Waals surface area contributed by atoms with Gasteiger partial charge >= 0.3 is 0 Å². The Balaban J connectivity index is 1.25. The molecule has 0 amide bonds. The third kappa shape index (κ3) is 5.29. The Bertz CT molecular complexity index is 2850. The van der Waals surface area contributed by atoms with E-state index in [-0.39, 0.29) is 0 Å². The Hall–Kier alpha value is -6.73. The van der Waals surface area contributed by atoms with Gasteiger partial charge in [0.15, 0.2) is 8.07 Å². The van der Waals surface area contributed by atoms with Gasteiger partial charge in [0.1, 0.15) is 5.82 Å².